The van der Waals surface area contributed by atoms with Crippen LogP contribution in [0.2, 0.25) is 0 Å². The van der Waals surface area contributed by atoms with Crippen LogP contribution >= 0.6 is 11.3 Å². The number of nitrogens with zero attached hydrogens (tertiary/aromatic N) is 2. The third-order valence-corrected chi connectivity index (χ3v) is 6.02. The first-order valence-corrected chi connectivity index (χ1v) is 10.3. The number of amides is 1. The molecule has 0 fully saturated rings. The topological polar surface area (TPSA) is 79.8 Å². The summed E-state index contributed by atoms with van der Waals surface area (Å²) >= 11 is 1.22. The molecule has 1 aromatic carbocycles. The maximum atomic E-state index is 12.8. The summed E-state index contributed by atoms with van der Waals surface area (Å²) in [4.78, 5) is 30.6. The quantitative estimate of drug-likeness (QED) is 0.644. The summed E-state index contributed by atoms with van der Waals surface area (Å²) in [6, 6.07) is 5.89. The number of thiazole rings is 1. The number of nitrogens with one attached hydrogen (secondary N) is 2. The summed E-state index contributed by atoms with van der Waals surface area (Å²) in [6.07, 6.45) is 2.74. The normalized spacial score (nSPS) is 11.0. The second kappa shape index (κ2) is 8.14. The fourth-order valence-electron chi connectivity index (χ4n) is 3.23. The number of benzene rings is 1. The second-order valence-electron chi connectivity index (χ2n) is 7.09. The van der Waals surface area contributed by atoms with Gasteiger partial charge in [0.15, 0.2) is 0 Å². The molecule has 3 rings (SSSR count). The highest BCUT2D eigenvalue weighted by Crippen LogP contribution is 2.25. The van der Waals surface area contributed by atoms with E-state index in [9.17, 15) is 9.59 Å². The Bertz CT molecular complexity index is 1050. The summed E-state index contributed by atoms with van der Waals surface area (Å²) in [5.74, 6) is -0.207. The molecule has 0 spiro atoms. The Labute approximate surface area is 168 Å². The molecule has 0 aliphatic rings. The number of anilines is 1. The number of aryl methyl sites for hydroxylation is 4. The minimum Gasteiger partial charge on any atom is -0.321 e. The monoisotopic (exact) mass is 398 g/mol. The molecule has 0 aliphatic carbocycles. The molecule has 2 heterocycles. The van der Waals surface area contributed by atoms with Crippen molar-refractivity contribution in [1.29, 1.82) is 0 Å². The molecule has 2 N–H and O–H groups in total. The number of para-hydroxylation sites is 1. The third kappa shape index (κ3) is 3.80. The Morgan fingerprint density at radius 3 is 2.54 bits per heavy atom. The molecule has 0 aliphatic heterocycles. The van der Waals surface area contributed by atoms with Crippen LogP contribution in [0, 0.1) is 27.7 Å². The first-order chi connectivity index (χ1) is 13.3. The molecule has 148 valence electrons. The SMILES string of the molecule is CCCCc1c(C)[nH]n(-c2nc(C)c(C(=O)Nc3c(C)cccc3C)s2)c1=O. The summed E-state index contributed by atoms with van der Waals surface area (Å²) in [6.45, 7) is 9.72. The zero-order chi connectivity index (χ0) is 20.4. The van der Waals surface area contributed by atoms with Gasteiger partial charge in [0.1, 0.15) is 4.88 Å². The standard InChI is InChI=1S/C21H26N4O2S/c1-6-7-11-16-14(4)24-25(20(16)27)21-22-15(5)18(28-21)19(26)23-17-12(2)9-8-10-13(17)3/h8-10,24H,6-7,11H2,1-5H3,(H,23,26). The van der Waals surface area contributed by atoms with E-state index in [1.165, 1.54) is 16.0 Å². The van der Waals surface area contributed by atoms with Crippen molar-refractivity contribution in [3.05, 3.63) is 61.5 Å². The van der Waals surface area contributed by atoms with Crippen molar-refractivity contribution in [2.45, 2.75) is 53.9 Å². The third-order valence-electron chi connectivity index (χ3n) is 4.88. The van der Waals surface area contributed by atoms with Crippen LogP contribution in [0.25, 0.3) is 5.13 Å². The van der Waals surface area contributed by atoms with Crippen molar-refractivity contribution in [3.63, 3.8) is 0 Å². The minimum atomic E-state index is -0.207. The van der Waals surface area contributed by atoms with Crippen LogP contribution in [0.5, 0.6) is 0 Å². The van der Waals surface area contributed by atoms with Crippen LogP contribution in [0.15, 0.2) is 23.0 Å². The van der Waals surface area contributed by atoms with E-state index in [1.807, 2.05) is 39.0 Å². The molecular weight excluding hydrogens is 372 g/mol. The van der Waals surface area contributed by atoms with E-state index >= 15 is 0 Å². The van der Waals surface area contributed by atoms with Gasteiger partial charge in [-0.15, -0.1) is 0 Å². The van der Waals surface area contributed by atoms with Crippen LogP contribution in [0.3, 0.4) is 0 Å². The molecule has 2 aromatic heterocycles. The number of unbranched alkanes of at least 4 members (excludes halogenated alkanes) is 1. The molecule has 0 unspecified atom stereocenters. The van der Waals surface area contributed by atoms with E-state index in [0.717, 1.165) is 47.3 Å². The number of rotatable bonds is 6. The van der Waals surface area contributed by atoms with Gasteiger partial charge >= 0.3 is 0 Å². The van der Waals surface area contributed by atoms with E-state index < -0.39 is 0 Å². The van der Waals surface area contributed by atoms with Gasteiger partial charge in [0.2, 0.25) is 5.13 Å². The van der Waals surface area contributed by atoms with E-state index in [1.54, 1.807) is 6.92 Å². The Balaban J connectivity index is 1.92. The molecule has 1 amide bonds. The fraction of sp³-hybridized carbons (Fsp3) is 0.381. The summed E-state index contributed by atoms with van der Waals surface area (Å²) in [5.41, 5.74) is 5.00. The lowest BCUT2D eigenvalue weighted by atomic mass is 10.1. The van der Waals surface area contributed by atoms with E-state index in [4.69, 9.17) is 0 Å². The number of aromatic amines is 1. The zero-order valence-electron chi connectivity index (χ0n) is 17.0. The highest BCUT2D eigenvalue weighted by molar-refractivity contribution is 7.16. The Kier molecular flexibility index (Phi) is 5.84. The maximum Gasteiger partial charge on any atom is 0.276 e. The Hall–Kier alpha value is -2.67. The number of carbonyl (C=O) groups excluding carboxylic acids is 1. The van der Waals surface area contributed by atoms with Crippen molar-refractivity contribution in [2.75, 3.05) is 5.32 Å². The molecule has 0 radical (unpaired) electrons. The van der Waals surface area contributed by atoms with E-state index in [0.29, 0.717) is 15.7 Å². The molecular formula is C21H26N4O2S. The molecule has 7 heteroatoms. The number of H-pyrrole nitrogens is 1. The van der Waals surface area contributed by atoms with Crippen LogP contribution < -0.4 is 10.9 Å². The van der Waals surface area contributed by atoms with Gasteiger partial charge < -0.3 is 5.32 Å². The number of carbonyl (C=O) groups is 1. The molecule has 0 saturated carbocycles. The van der Waals surface area contributed by atoms with Crippen LogP contribution in [0.4, 0.5) is 5.69 Å². The number of hydrogen-bond donors (Lipinski definition) is 2. The minimum absolute atomic E-state index is 0.0820. The summed E-state index contributed by atoms with van der Waals surface area (Å²) in [7, 11) is 0. The molecule has 6 nitrogen and oxygen atoms in total. The Morgan fingerprint density at radius 1 is 1.21 bits per heavy atom. The summed E-state index contributed by atoms with van der Waals surface area (Å²) in [5, 5.41) is 6.59. The molecule has 0 saturated heterocycles. The van der Waals surface area contributed by atoms with Crippen molar-refractivity contribution >= 4 is 22.9 Å². The van der Waals surface area contributed by atoms with Gasteiger partial charge in [0, 0.05) is 16.9 Å². The summed E-state index contributed by atoms with van der Waals surface area (Å²) < 4.78 is 1.45. The highest BCUT2D eigenvalue weighted by Gasteiger charge is 2.20. The van der Waals surface area contributed by atoms with Crippen molar-refractivity contribution in [3.8, 4) is 5.13 Å². The zero-order valence-corrected chi connectivity index (χ0v) is 17.8. The number of hydrogen-bond acceptors (Lipinski definition) is 4. The van der Waals surface area contributed by atoms with E-state index in [-0.39, 0.29) is 11.5 Å². The average Bonchev–Trinajstić information content (AvgIpc) is 3.16. The van der Waals surface area contributed by atoms with Gasteiger partial charge in [-0.2, -0.15) is 4.68 Å². The molecule has 28 heavy (non-hydrogen) atoms. The highest BCUT2D eigenvalue weighted by atomic mass is 32.1. The molecule has 0 atom stereocenters. The Morgan fingerprint density at radius 2 is 1.89 bits per heavy atom. The predicted molar refractivity (Wildman–Crippen MR) is 114 cm³/mol. The molecule has 3 aromatic rings. The predicted octanol–water partition coefficient (Wildman–Crippen LogP) is 4.45. The van der Waals surface area contributed by atoms with Crippen LogP contribution in [0.1, 0.15) is 57.5 Å². The van der Waals surface area contributed by atoms with Gasteiger partial charge in [0.05, 0.1) is 5.69 Å². The first kappa shape index (κ1) is 20.1. The van der Waals surface area contributed by atoms with Crippen LogP contribution in [-0.4, -0.2) is 20.7 Å². The van der Waals surface area contributed by atoms with Crippen LogP contribution in [-0.2, 0) is 6.42 Å². The van der Waals surface area contributed by atoms with Gasteiger partial charge in [-0.3, -0.25) is 14.7 Å². The van der Waals surface area contributed by atoms with Gasteiger partial charge in [-0.05, 0) is 51.7 Å². The van der Waals surface area contributed by atoms with Crippen molar-refractivity contribution in [1.82, 2.24) is 14.8 Å². The largest absolute Gasteiger partial charge is 0.321 e. The van der Waals surface area contributed by atoms with Gasteiger partial charge in [-0.25, -0.2) is 4.98 Å². The maximum absolute atomic E-state index is 12.8. The lowest BCUT2D eigenvalue weighted by Crippen LogP contribution is -2.17. The van der Waals surface area contributed by atoms with Crippen molar-refractivity contribution < 1.29 is 4.79 Å². The average molecular weight is 399 g/mol. The fourth-order valence-corrected chi connectivity index (χ4v) is 4.16. The second-order valence-corrected chi connectivity index (χ2v) is 8.07. The smallest absolute Gasteiger partial charge is 0.276 e. The number of aromatic nitrogens is 3. The lowest BCUT2D eigenvalue weighted by Gasteiger charge is -2.10. The van der Waals surface area contributed by atoms with Gasteiger partial charge in [0.25, 0.3) is 11.5 Å². The van der Waals surface area contributed by atoms with Crippen molar-refractivity contribution in [2.24, 2.45) is 0 Å². The van der Waals surface area contributed by atoms with E-state index in [2.05, 4.69) is 22.3 Å². The van der Waals surface area contributed by atoms with Gasteiger partial charge in [-0.1, -0.05) is 42.9 Å². The first-order valence-electron chi connectivity index (χ1n) is 9.49. The molecule has 0 bridgehead atoms. The lowest BCUT2D eigenvalue weighted by molar-refractivity contribution is 0.102.